The van der Waals surface area contributed by atoms with Crippen molar-refractivity contribution in [3.63, 3.8) is 0 Å². The lowest BCUT2D eigenvalue weighted by Crippen LogP contribution is -2.55. The number of aromatic amines is 1. The van der Waals surface area contributed by atoms with E-state index >= 15 is 0 Å². The normalized spacial score (nSPS) is 13.9. The van der Waals surface area contributed by atoms with Crippen molar-refractivity contribution in [2.24, 2.45) is 28.1 Å². The number of imidazole rings is 1. The number of aliphatic imine (C=N–C) groups is 1. The minimum absolute atomic E-state index is 0.0594. The molecule has 0 radical (unpaired) electrons. The number of rotatable bonds is 13. The highest BCUT2D eigenvalue weighted by molar-refractivity contribution is 5.91. The van der Waals surface area contributed by atoms with Crippen molar-refractivity contribution in [3.8, 4) is 0 Å². The summed E-state index contributed by atoms with van der Waals surface area (Å²) in [5, 5.41) is 14.5. The number of nitrogens with one attached hydrogen (secondary N) is 3. The molecule has 168 valence electrons. The van der Waals surface area contributed by atoms with E-state index in [0.29, 0.717) is 12.1 Å². The van der Waals surface area contributed by atoms with Crippen LogP contribution in [0.2, 0.25) is 0 Å². The number of nitrogens with two attached hydrogens (primary N) is 3. The lowest BCUT2D eigenvalue weighted by atomic mass is 10.0. The van der Waals surface area contributed by atoms with Crippen LogP contribution in [0.15, 0.2) is 17.5 Å². The molecule has 0 aliphatic rings. The fourth-order valence-electron chi connectivity index (χ4n) is 2.74. The average Bonchev–Trinajstić information content (AvgIpc) is 3.15. The fraction of sp³-hybridized carbons (Fsp3) is 0.611. The lowest BCUT2D eigenvalue weighted by molar-refractivity contribution is -0.142. The van der Waals surface area contributed by atoms with Crippen molar-refractivity contribution in [1.82, 2.24) is 20.6 Å². The van der Waals surface area contributed by atoms with Crippen molar-refractivity contribution in [3.05, 3.63) is 18.2 Å². The van der Waals surface area contributed by atoms with Gasteiger partial charge in [0, 0.05) is 24.9 Å². The number of hydrogen-bond donors (Lipinski definition) is 7. The predicted molar refractivity (Wildman–Crippen MR) is 111 cm³/mol. The van der Waals surface area contributed by atoms with E-state index in [1.165, 1.54) is 6.33 Å². The van der Waals surface area contributed by atoms with Gasteiger partial charge in [-0.2, -0.15) is 0 Å². The number of nitrogens with zero attached hydrogens (tertiary/aromatic N) is 2. The van der Waals surface area contributed by atoms with E-state index in [0.717, 1.165) is 0 Å². The maximum absolute atomic E-state index is 12.7. The molecule has 30 heavy (non-hydrogen) atoms. The van der Waals surface area contributed by atoms with Gasteiger partial charge in [0.1, 0.15) is 12.1 Å². The van der Waals surface area contributed by atoms with Gasteiger partial charge in [-0.1, -0.05) is 13.8 Å². The van der Waals surface area contributed by atoms with Gasteiger partial charge in [-0.25, -0.2) is 9.78 Å². The minimum Gasteiger partial charge on any atom is -0.480 e. The van der Waals surface area contributed by atoms with Crippen molar-refractivity contribution in [2.75, 3.05) is 6.54 Å². The summed E-state index contributed by atoms with van der Waals surface area (Å²) in [7, 11) is 0. The molecule has 3 atom stereocenters. The minimum atomic E-state index is -1.14. The Hall–Kier alpha value is -3.15. The summed E-state index contributed by atoms with van der Waals surface area (Å²) in [5.41, 5.74) is 17.2. The van der Waals surface area contributed by atoms with Crippen molar-refractivity contribution in [2.45, 2.75) is 57.7 Å². The quantitative estimate of drug-likeness (QED) is 0.111. The van der Waals surface area contributed by atoms with Gasteiger partial charge in [-0.15, -0.1) is 0 Å². The highest BCUT2D eigenvalue weighted by atomic mass is 16.4. The molecule has 1 aromatic heterocycles. The van der Waals surface area contributed by atoms with E-state index in [4.69, 9.17) is 17.2 Å². The summed E-state index contributed by atoms with van der Waals surface area (Å²) < 4.78 is 0. The second-order valence-corrected chi connectivity index (χ2v) is 7.43. The van der Waals surface area contributed by atoms with Crippen molar-refractivity contribution < 1.29 is 19.5 Å². The predicted octanol–water partition coefficient (Wildman–Crippen LogP) is -1.57. The summed E-state index contributed by atoms with van der Waals surface area (Å²) in [6.45, 7) is 3.96. The highest BCUT2D eigenvalue weighted by Gasteiger charge is 2.28. The molecule has 10 N–H and O–H groups in total. The molecule has 0 bridgehead atoms. The van der Waals surface area contributed by atoms with Crippen LogP contribution in [-0.4, -0.2) is 63.5 Å². The molecule has 12 nitrogen and oxygen atoms in total. The van der Waals surface area contributed by atoms with E-state index < -0.39 is 35.9 Å². The van der Waals surface area contributed by atoms with Gasteiger partial charge in [-0.3, -0.25) is 14.6 Å². The van der Waals surface area contributed by atoms with Crippen LogP contribution in [0.1, 0.15) is 38.8 Å². The number of carboxylic acid groups (broad SMARTS) is 1. The van der Waals surface area contributed by atoms with Crippen LogP contribution in [-0.2, 0) is 20.8 Å². The first kappa shape index (κ1) is 24.9. The van der Waals surface area contributed by atoms with E-state index in [-0.39, 0.29) is 37.7 Å². The number of carbonyl (C=O) groups excluding carboxylic acids is 2. The first-order valence-corrected chi connectivity index (χ1v) is 9.71. The average molecular weight is 425 g/mol. The first-order valence-electron chi connectivity index (χ1n) is 9.71. The smallest absolute Gasteiger partial charge is 0.326 e. The molecule has 0 aromatic carbocycles. The maximum atomic E-state index is 12.7. The van der Waals surface area contributed by atoms with Gasteiger partial charge in [0.25, 0.3) is 0 Å². The Morgan fingerprint density at radius 2 is 1.87 bits per heavy atom. The molecule has 0 aliphatic heterocycles. The Labute approximate surface area is 175 Å². The SMILES string of the molecule is CC(C)C[C@H](NC(=O)[C@H](CCCN=C(N)N)NC(=O)[C@@H](N)Cc1cnc[nH]1)C(=O)O. The number of hydrogen-bond acceptors (Lipinski definition) is 6. The number of carboxylic acids is 1. The molecule has 0 fully saturated rings. The monoisotopic (exact) mass is 424 g/mol. The molecule has 12 heteroatoms. The summed E-state index contributed by atoms with van der Waals surface area (Å²) in [6, 6.07) is -2.95. The number of carbonyl (C=O) groups is 3. The summed E-state index contributed by atoms with van der Waals surface area (Å²) >= 11 is 0. The van der Waals surface area contributed by atoms with Crippen LogP contribution in [0, 0.1) is 5.92 Å². The molecule has 0 saturated heterocycles. The molecule has 0 unspecified atom stereocenters. The van der Waals surface area contributed by atoms with Crippen LogP contribution in [0.5, 0.6) is 0 Å². The molecule has 0 aliphatic carbocycles. The lowest BCUT2D eigenvalue weighted by Gasteiger charge is -2.23. The number of H-pyrrole nitrogens is 1. The summed E-state index contributed by atoms with van der Waals surface area (Å²) in [6.07, 6.45) is 4.10. The molecular formula is C18H32N8O4. The third kappa shape index (κ3) is 9.37. The van der Waals surface area contributed by atoms with Crippen LogP contribution >= 0.6 is 0 Å². The third-order valence-electron chi connectivity index (χ3n) is 4.23. The second kappa shape index (κ2) is 12.4. The molecule has 1 aromatic rings. The van der Waals surface area contributed by atoms with Crippen LogP contribution < -0.4 is 27.8 Å². The Morgan fingerprint density at radius 1 is 1.20 bits per heavy atom. The molecule has 1 rings (SSSR count). The highest BCUT2D eigenvalue weighted by Crippen LogP contribution is 2.07. The Balaban J connectivity index is 2.80. The summed E-state index contributed by atoms with van der Waals surface area (Å²) in [4.78, 5) is 47.2. The summed E-state index contributed by atoms with van der Waals surface area (Å²) in [5.74, 6) is -2.30. The first-order chi connectivity index (χ1) is 14.1. The third-order valence-corrected chi connectivity index (χ3v) is 4.23. The van der Waals surface area contributed by atoms with Crippen LogP contribution in [0.25, 0.3) is 0 Å². The van der Waals surface area contributed by atoms with Gasteiger partial charge in [0.2, 0.25) is 11.8 Å². The largest absolute Gasteiger partial charge is 0.480 e. The van der Waals surface area contributed by atoms with Gasteiger partial charge < -0.3 is 37.9 Å². The van der Waals surface area contributed by atoms with Crippen LogP contribution in [0.4, 0.5) is 0 Å². The zero-order chi connectivity index (χ0) is 22.7. The van der Waals surface area contributed by atoms with Crippen LogP contribution in [0.3, 0.4) is 0 Å². The second-order valence-electron chi connectivity index (χ2n) is 7.43. The number of aliphatic carboxylic acids is 1. The Bertz CT molecular complexity index is 716. The standard InChI is InChI=1S/C18H32N8O4/c1-10(2)6-14(17(29)30)26-16(28)13(4-3-5-23-18(20)21)25-15(27)12(19)7-11-8-22-9-24-11/h8-10,12-14H,3-7,19H2,1-2H3,(H,22,24)(H,25,27)(H,26,28)(H,29,30)(H4,20,21,23)/t12-,13-,14-/m0/s1. The molecule has 1 heterocycles. The zero-order valence-corrected chi connectivity index (χ0v) is 17.3. The van der Waals surface area contributed by atoms with E-state index in [2.05, 4.69) is 25.6 Å². The molecule has 2 amide bonds. The Morgan fingerprint density at radius 3 is 2.40 bits per heavy atom. The van der Waals surface area contributed by atoms with Crippen molar-refractivity contribution in [1.29, 1.82) is 0 Å². The molecule has 0 spiro atoms. The van der Waals surface area contributed by atoms with Gasteiger partial charge in [-0.05, 0) is 25.2 Å². The number of amides is 2. The van der Waals surface area contributed by atoms with E-state index in [9.17, 15) is 19.5 Å². The van der Waals surface area contributed by atoms with E-state index in [1.807, 2.05) is 13.8 Å². The van der Waals surface area contributed by atoms with Gasteiger partial charge in [0.15, 0.2) is 5.96 Å². The molecular weight excluding hydrogens is 392 g/mol. The van der Waals surface area contributed by atoms with E-state index in [1.54, 1.807) is 6.20 Å². The zero-order valence-electron chi connectivity index (χ0n) is 17.3. The van der Waals surface area contributed by atoms with Crippen molar-refractivity contribution >= 4 is 23.7 Å². The Kier molecular flexibility index (Phi) is 10.3. The topological polar surface area (TPSA) is 215 Å². The van der Waals surface area contributed by atoms with Gasteiger partial charge in [0.05, 0.1) is 12.4 Å². The number of aromatic nitrogens is 2. The number of guanidine groups is 1. The fourth-order valence-corrected chi connectivity index (χ4v) is 2.74. The maximum Gasteiger partial charge on any atom is 0.326 e. The van der Waals surface area contributed by atoms with Gasteiger partial charge >= 0.3 is 5.97 Å². The molecule has 0 saturated carbocycles.